The quantitative estimate of drug-likeness (QED) is 0.565. The van der Waals surface area contributed by atoms with Crippen molar-refractivity contribution in [3.8, 4) is 17.5 Å². The molecule has 2 aliphatic rings. The topological polar surface area (TPSA) is 119 Å². The Hall–Kier alpha value is -4.47. The van der Waals surface area contributed by atoms with Gasteiger partial charge < -0.3 is 9.80 Å². The third kappa shape index (κ3) is 4.37. The van der Waals surface area contributed by atoms with Gasteiger partial charge in [-0.05, 0) is 23.8 Å². The first-order valence-electron chi connectivity index (χ1n) is 10.9. The maximum absolute atomic E-state index is 14.3. The lowest BCUT2D eigenvalue weighted by Gasteiger charge is -2.37. The molecular formula is C22H20F2N10O. The molecule has 35 heavy (non-hydrogen) atoms. The Bertz CT molecular complexity index is 1340. The molecule has 178 valence electrons. The molecule has 1 atom stereocenters. The molecule has 1 saturated heterocycles. The molecule has 5 rings (SSSR count). The monoisotopic (exact) mass is 478 g/mol. The summed E-state index contributed by atoms with van der Waals surface area (Å²) in [6.45, 7) is 1.59. The van der Waals surface area contributed by atoms with E-state index in [4.69, 9.17) is 5.26 Å². The first kappa shape index (κ1) is 22.3. The second kappa shape index (κ2) is 9.05. The molecule has 1 fully saturated rings. The highest BCUT2D eigenvalue weighted by molar-refractivity contribution is 5.79. The number of piperazine rings is 1. The van der Waals surface area contributed by atoms with E-state index in [1.807, 2.05) is 11.0 Å². The molecule has 1 aromatic carbocycles. The fourth-order valence-electron chi connectivity index (χ4n) is 4.13. The molecule has 4 heterocycles. The van der Waals surface area contributed by atoms with Crippen LogP contribution in [0.4, 0.5) is 19.5 Å². The summed E-state index contributed by atoms with van der Waals surface area (Å²) in [5.74, 6) is -0.801. The summed E-state index contributed by atoms with van der Waals surface area (Å²) in [5, 5.41) is 22.7. The predicted molar refractivity (Wildman–Crippen MR) is 120 cm³/mol. The molecule has 0 bridgehead atoms. The maximum Gasteiger partial charge on any atom is 0.341 e. The lowest BCUT2D eigenvalue weighted by Crippen LogP contribution is -2.52. The van der Waals surface area contributed by atoms with Gasteiger partial charge in [-0.25, -0.2) is 28.6 Å². The van der Waals surface area contributed by atoms with Crippen LogP contribution in [0.25, 0.3) is 11.4 Å². The molecule has 2 aromatic heterocycles. The number of halogens is 2. The van der Waals surface area contributed by atoms with E-state index < -0.39 is 17.7 Å². The number of benzene rings is 1. The Morgan fingerprint density at radius 2 is 1.94 bits per heavy atom. The van der Waals surface area contributed by atoms with Gasteiger partial charge in [-0.3, -0.25) is 0 Å². The lowest BCUT2D eigenvalue weighted by molar-refractivity contribution is 0.139. The van der Waals surface area contributed by atoms with Gasteiger partial charge in [-0.2, -0.15) is 25.4 Å². The average molecular weight is 478 g/mol. The van der Waals surface area contributed by atoms with Crippen LogP contribution in [0.1, 0.15) is 23.6 Å². The standard InChI is InChI=1S/C22H20F2N10O/c1-31-28-13-18(30-31)20-17(24)12-26-21(29-20)32-4-6-33(7-5-32)22(35)34-19(2-3-27-34)15-8-14(11-25)9-16(23)10-15/h3,8-10,12-13,19H,2,4-7H2,1H3. The largest absolute Gasteiger partial charge is 0.341 e. The van der Waals surface area contributed by atoms with Crippen LogP contribution in [0.2, 0.25) is 0 Å². The van der Waals surface area contributed by atoms with E-state index in [1.54, 1.807) is 24.2 Å². The van der Waals surface area contributed by atoms with Gasteiger partial charge in [0.15, 0.2) is 5.82 Å². The first-order chi connectivity index (χ1) is 16.9. The van der Waals surface area contributed by atoms with Gasteiger partial charge in [0.2, 0.25) is 5.95 Å². The average Bonchev–Trinajstić information content (AvgIpc) is 3.53. The number of nitrogens with zero attached hydrogens (tertiary/aromatic N) is 10. The Labute approximate surface area is 198 Å². The number of aryl methyl sites for hydroxylation is 1. The lowest BCUT2D eigenvalue weighted by atomic mass is 10.0. The number of hydrogen-bond acceptors (Lipinski definition) is 8. The number of carbonyl (C=O) groups excluding carboxylic acids is 1. The van der Waals surface area contributed by atoms with Crippen molar-refractivity contribution in [1.29, 1.82) is 5.26 Å². The van der Waals surface area contributed by atoms with Crippen LogP contribution in [-0.2, 0) is 7.05 Å². The number of rotatable bonds is 3. The minimum Gasteiger partial charge on any atom is -0.337 e. The maximum atomic E-state index is 14.3. The van der Waals surface area contributed by atoms with E-state index in [2.05, 4.69) is 25.3 Å². The SMILES string of the molecule is Cn1ncc(-c2nc(N3CCN(C(=O)N4N=CCC4c4cc(F)cc(C#N)c4)CC3)ncc2F)n1. The number of aromatic nitrogens is 5. The first-order valence-corrected chi connectivity index (χ1v) is 10.9. The summed E-state index contributed by atoms with van der Waals surface area (Å²) in [6.07, 6.45) is 4.56. The summed E-state index contributed by atoms with van der Waals surface area (Å²) < 4.78 is 28.3. The van der Waals surface area contributed by atoms with E-state index in [0.717, 1.165) is 12.3 Å². The van der Waals surface area contributed by atoms with Crippen molar-refractivity contribution in [2.24, 2.45) is 12.1 Å². The zero-order valence-corrected chi connectivity index (χ0v) is 18.7. The van der Waals surface area contributed by atoms with E-state index in [9.17, 15) is 13.6 Å². The van der Waals surface area contributed by atoms with Gasteiger partial charge in [0.1, 0.15) is 17.2 Å². The fraction of sp³-hybridized carbons (Fsp3) is 0.318. The molecule has 0 saturated carbocycles. The molecule has 3 aromatic rings. The normalized spacial score (nSPS) is 17.7. The summed E-state index contributed by atoms with van der Waals surface area (Å²) in [5.41, 5.74) is 1.07. The van der Waals surface area contributed by atoms with E-state index in [0.29, 0.717) is 49.8 Å². The minimum atomic E-state index is -0.599. The number of amides is 2. The van der Waals surface area contributed by atoms with Crippen LogP contribution in [0.5, 0.6) is 0 Å². The molecule has 2 aliphatic heterocycles. The number of nitriles is 1. The minimum absolute atomic E-state index is 0.0580. The fourth-order valence-corrected chi connectivity index (χ4v) is 4.13. The molecule has 0 aliphatic carbocycles. The van der Waals surface area contributed by atoms with E-state index in [1.165, 1.54) is 22.1 Å². The predicted octanol–water partition coefficient (Wildman–Crippen LogP) is 2.10. The molecule has 1 unspecified atom stereocenters. The van der Waals surface area contributed by atoms with Crippen molar-refractivity contribution in [2.45, 2.75) is 12.5 Å². The van der Waals surface area contributed by atoms with Crippen LogP contribution < -0.4 is 4.90 Å². The number of hydrazone groups is 1. The molecule has 0 spiro atoms. The number of carbonyl (C=O) groups is 1. The molecule has 13 heteroatoms. The zero-order chi connectivity index (χ0) is 24.5. The van der Waals surface area contributed by atoms with Crippen molar-refractivity contribution in [3.63, 3.8) is 0 Å². The number of hydrogen-bond donors (Lipinski definition) is 0. The Morgan fingerprint density at radius 1 is 1.14 bits per heavy atom. The number of urea groups is 1. The Kier molecular flexibility index (Phi) is 5.77. The van der Waals surface area contributed by atoms with Gasteiger partial charge in [-0.15, -0.1) is 0 Å². The van der Waals surface area contributed by atoms with Gasteiger partial charge in [-0.1, -0.05) is 0 Å². The highest BCUT2D eigenvalue weighted by Gasteiger charge is 2.34. The van der Waals surface area contributed by atoms with Gasteiger partial charge in [0, 0.05) is 45.9 Å². The molecule has 0 N–H and O–H groups in total. The summed E-state index contributed by atoms with van der Waals surface area (Å²) in [4.78, 5) is 26.5. The van der Waals surface area contributed by atoms with Crippen molar-refractivity contribution >= 4 is 18.2 Å². The smallest absolute Gasteiger partial charge is 0.337 e. The van der Waals surface area contributed by atoms with Crippen LogP contribution in [0.15, 0.2) is 35.7 Å². The second-order valence-corrected chi connectivity index (χ2v) is 8.12. The third-order valence-corrected chi connectivity index (χ3v) is 5.87. The third-order valence-electron chi connectivity index (χ3n) is 5.87. The zero-order valence-electron chi connectivity index (χ0n) is 18.7. The van der Waals surface area contributed by atoms with Gasteiger partial charge in [0.25, 0.3) is 0 Å². The molecule has 2 amide bonds. The molecule has 0 radical (unpaired) electrons. The molecular weight excluding hydrogens is 458 g/mol. The van der Waals surface area contributed by atoms with Crippen LogP contribution in [-0.4, -0.2) is 73.3 Å². The van der Waals surface area contributed by atoms with Gasteiger partial charge in [0.05, 0.1) is 30.1 Å². The highest BCUT2D eigenvalue weighted by atomic mass is 19.1. The summed E-state index contributed by atoms with van der Waals surface area (Å²) in [7, 11) is 1.63. The van der Waals surface area contributed by atoms with Crippen molar-refractivity contribution < 1.29 is 13.6 Å². The van der Waals surface area contributed by atoms with Crippen LogP contribution in [0.3, 0.4) is 0 Å². The van der Waals surface area contributed by atoms with E-state index in [-0.39, 0.29) is 17.3 Å². The Morgan fingerprint density at radius 3 is 2.66 bits per heavy atom. The number of anilines is 1. The summed E-state index contributed by atoms with van der Waals surface area (Å²) >= 11 is 0. The van der Waals surface area contributed by atoms with E-state index >= 15 is 0 Å². The summed E-state index contributed by atoms with van der Waals surface area (Å²) in [6, 6.07) is 5.17. The van der Waals surface area contributed by atoms with Crippen molar-refractivity contribution in [1.82, 2.24) is 34.9 Å². The van der Waals surface area contributed by atoms with Crippen LogP contribution >= 0.6 is 0 Å². The Balaban J connectivity index is 1.28. The highest BCUT2D eigenvalue weighted by Crippen LogP contribution is 2.31. The van der Waals surface area contributed by atoms with Crippen molar-refractivity contribution in [2.75, 3.05) is 31.1 Å². The molecule has 11 nitrogen and oxygen atoms in total. The van der Waals surface area contributed by atoms with Gasteiger partial charge >= 0.3 is 6.03 Å². The van der Waals surface area contributed by atoms with Crippen LogP contribution in [0, 0.1) is 23.0 Å². The van der Waals surface area contributed by atoms with Crippen molar-refractivity contribution in [3.05, 3.63) is 53.4 Å². The second-order valence-electron chi connectivity index (χ2n) is 8.12.